The molecule has 0 atom stereocenters. The van der Waals surface area contributed by atoms with Crippen LogP contribution in [0.4, 0.5) is 5.69 Å². The minimum atomic E-state index is -0.575. The first kappa shape index (κ1) is 15.6. The molecule has 0 bridgehead atoms. The summed E-state index contributed by atoms with van der Waals surface area (Å²) < 4.78 is 5.18. The second-order valence-electron chi connectivity index (χ2n) is 5.51. The number of nitro benzene ring substituents is 1. The van der Waals surface area contributed by atoms with E-state index in [-0.39, 0.29) is 17.3 Å². The van der Waals surface area contributed by atoms with E-state index in [1.165, 1.54) is 12.1 Å². The van der Waals surface area contributed by atoms with Crippen LogP contribution in [-0.2, 0) is 9.53 Å². The highest BCUT2D eigenvalue weighted by atomic mass is 16.6. The van der Waals surface area contributed by atoms with Gasteiger partial charge < -0.3 is 4.74 Å². The molecule has 0 aromatic heterocycles. The van der Waals surface area contributed by atoms with Crippen LogP contribution in [0.2, 0.25) is 0 Å². The Morgan fingerprint density at radius 3 is 2.50 bits per heavy atom. The quantitative estimate of drug-likeness (QED) is 0.374. The third-order valence-electron chi connectivity index (χ3n) is 3.65. The summed E-state index contributed by atoms with van der Waals surface area (Å²) in [6.07, 6.45) is 1.48. The summed E-state index contributed by atoms with van der Waals surface area (Å²) in [5.41, 5.74) is 2.98. The summed E-state index contributed by atoms with van der Waals surface area (Å²) in [6, 6.07) is 12.2. The van der Waals surface area contributed by atoms with Crippen LogP contribution in [0.15, 0.2) is 53.2 Å². The minimum Gasteiger partial charge on any atom is -0.402 e. The molecule has 0 spiro atoms. The monoisotopic (exact) mass is 322 g/mol. The van der Waals surface area contributed by atoms with Crippen LogP contribution in [0.5, 0.6) is 0 Å². The Bertz CT molecular complexity index is 896. The van der Waals surface area contributed by atoms with Crippen molar-refractivity contribution in [2.75, 3.05) is 0 Å². The van der Waals surface area contributed by atoms with Crippen LogP contribution in [0.3, 0.4) is 0 Å². The molecule has 1 aliphatic heterocycles. The number of aliphatic imine (C=N–C) groups is 1. The van der Waals surface area contributed by atoms with Crippen LogP contribution in [0, 0.1) is 24.0 Å². The molecule has 1 heterocycles. The molecule has 120 valence electrons. The van der Waals surface area contributed by atoms with E-state index in [2.05, 4.69) is 4.99 Å². The van der Waals surface area contributed by atoms with Gasteiger partial charge in [-0.1, -0.05) is 29.8 Å². The fraction of sp³-hybridized carbons (Fsp3) is 0.111. The lowest BCUT2D eigenvalue weighted by Gasteiger charge is -1.99. The number of benzene rings is 2. The minimum absolute atomic E-state index is 0.00143. The Balaban J connectivity index is 1.95. The van der Waals surface area contributed by atoms with Crippen LogP contribution < -0.4 is 0 Å². The van der Waals surface area contributed by atoms with Gasteiger partial charge in [0, 0.05) is 17.2 Å². The van der Waals surface area contributed by atoms with E-state index >= 15 is 0 Å². The predicted molar refractivity (Wildman–Crippen MR) is 89.6 cm³/mol. The average molecular weight is 322 g/mol. The number of carbonyl (C=O) groups excluding carboxylic acids is 1. The van der Waals surface area contributed by atoms with Gasteiger partial charge in [0.1, 0.15) is 0 Å². The number of nitro groups is 1. The summed E-state index contributed by atoms with van der Waals surface area (Å²) in [4.78, 5) is 26.7. The van der Waals surface area contributed by atoms with Gasteiger partial charge in [-0.3, -0.25) is 10.1 Å². The molecule has 6 heteroatoms. The summed E-state index contributed by atoms with van der Waals surface area (Å²) in [6.45, 7) is 3.62. The van der Waals surface area contributed by atoms with E-state index in [4.69, 9.17) is 4.74 Å². The number of nitrogens with zero attached hydrogens (tertiary/aromatic N) is 2. The van der Waals surface area contributed by atoms with Crippen LogP contribution in [0.25, 0.3) is 6.08 Å². The number of carbonyl (C=O) groups is 1. The van der Waals surface area contributed by atoms with Crippen molar-refractivity contribution in [3.8, 4) is 0 Å². The predicted octanol–water partition coefficient (Wildman–Crippen LogP) is 3.56. The van der Waals surface area contributed by atoms with Crippen molar-refractivity contribution in [2.45, 2.75) is 13.8 Å². The highest BCUT2D eigenvalue weighted by molar-refractivity contribution is 6.12. The summed E-state index contributed by atoms with van der Waals surface area (Å²) in [7, 11) is 0. The fourth-order valence-corrected chi connectivity index (χ4v) is 2.30. The second kappa shape index (κ2) is 6.08. The molecule has 0 saturated carbocycles. The molecule has 0 unspecified atom stereocenters. The number of hydrogen-bond donors (Lipinski definition) is 0. The van der Waals surface area contributed by atoms with Gasteiger partial charge in [0.05, 0.1) is 4.92 Å². The normalized spacial score (nSPS) is 15.3. The highest BCUT2D eigenvalue weighted by Crippen LogP contribution is 2.23. The molecule has 0 saturated heterocycles. The first-order chi connectivity index (χ1) is 11.4. The van der Waals surface area contributed by atoms with Gasteiger partial charge in [-0.2, -0.15) is 0 Å². The maximum absolute atomic E-state index is 12.0. The van der Waals surface area contributed by atoms with Crippen molar-refractivity contribution in [2.24, 2.45) is 4.99 Å². The molecule has 6 nitrogen and oxygen atoms in total. The number of cyclic esters (lactones) is 1. The Kier molecular flexibility index (Phi) is 3.95. The van der Waals surface area contributed by atoms with Crippen molar-refractivity contribution >= 4 is 23.6 Å². The summed E-state index contributed by atoms with van der Waals surface area (Å²) in [5.74, 6) is -0.346. The first-order valence-corrected chi connectivity index (χ1v) is 7.29. The molecule has 0 aliphatic carbocycles. The zero-order chi connectivity index (χ0) is 17.3. The van der Waals surface area contributed by atoms with E-state index < -0.39 is 10.9 Å². The number of hydrogen-bond acceptors (Lipinski definition) is 5. The lowest BCUT2D eigenvalue weighted by atomic mass is 10.1. The molecule has 0 radical (unpaired) electrons. The molecule has 3 rings (SSSR count). The number of ether oxygens (including phenoxy) is 1. The Labute approximate surface area is 138 Å². The lowest BCUT2D eigenvalue weighted by molar-refractivity contribution is -0.385. The van der Waals surface area contributed by atoms with Gasteiger partial charge in [0.2, 0.25) is 5.90 Å². The van der Waals surface area contributed by atoms with Crippen LogP contribution >= 0.6 is 0 Å². The SMILES string of the molecule is Cc1ccc(C2=N/C(=C\c3ccc(C)c([N+](=O)[O-])c3)C(=O)O2)cc1. The molecule has 24 heavy (non-hydrogen) atoms. The molecular formula is C18H14N2O4. The number of esters is 1. The summed E-state index contributed by atoms with van der Waals surface area (Å²) >= 11 is 0. The standard InChI is InChI=1S/C18H14N2O4/c1-11-3-7-14(8-4-11)17-19-15(18(21)24-17)9-13-6-5-12(2)16(10-13)20(22)23/h3-10H,1-2H3/b15-9-. The van der Waals surface area contributed by atoms with Crippen molar-refractivity contribution < 1.29 is 14.5 Å². The maximum Gasteiger partial charge on any atom is 0.363 e. The number of aryl methyl sites for hydroxylation is 2. The fourth-order valence-electron chi connectivity index (χ4n) is 2.30. The molecule has 0 N–H and O–H groups in total. The van der Waals surface area contributed by atoms with Crippen molar-refractivity contribution in [1.82, 2.24) is 0 Å². The van der Waals surface area contributed by atoms with E-state index in [0.29, 0.717) is 16.7 Å². The van der Waals surface area contributed by atoms with E-state index in [0.717, 1.165) is 5.56 Å². The largest absolute Gasteiger partial charge is 0.402 e. The van der Waals surface area contributed by atoms with Gasteiger partial charge in [0.15, 0.2) is 5.70 Å². The van der Waals surface area contributed by atoms with Gasteiger partial charge in [0.25, 0.3) is 5.69 Å². The van der Waals surface area contributed by atoms with Crippen LogP contribution in [0.1, 0.15) is 22.3 Å². The topological polar surface area (TPSA) is 81.8 Å². The third kappa shape index (κ3) is 3.08. The molecule has 2 aromatic rings. The molecule has 0 amide bonds. The zero-order valence-electron chi connectivity index (χ0n) is 13.1. The Morgan fingerprint density at radius 1 is 1.12 bits per heavy atom. The van der Waals surface area contributed by atoms with Crippen molar-refractivity contribution in [3.05, 3.63) is 80.5 Å². The first-order valence-electron chi connectivity index (χ1n) is 7.29. The third-order valence-corrected chi connectivity index (χ3v) is 3.65. The van der Waals surface area contributed by atoms with Crippen molar-refractivity contribution in [3.63, 3.8) is 0 Å². The van der Waals surface area contributed by atoms with Gasteiger partial charge >= 0.3 is 5.97 Å². The maximum atomic E-state index is 12.0. The molecule has 1 aliphatic rings. The molecular weight excluding hydrogens is 308 g/mol. The van der Waals surface area contributed by atoms with Crippen LogP contribution in [-0.4, -0.2) is 16.8 Å². The molecule has 0 fully saturated rings. The van der Waals surface area contributed by atoms with Crippen molar-refractivity contribution in [1.29, 1.82) is 0 Å². The van der Waals surface area contributed by atoms with E-state index in [1.807, 2.05) is 31.2 Å². The zero-order valence-corrected chi connectivity index (χ0v) is 13.1. The smallest absolute Gasteiger partial charge is 0.363 e. The summed E-state index contributed by atoms with van der Waals surface area (Å²) in [5, 5.41) is 11.0. The van der Waals surface area contributed by atoms with Gasteiger partial charge in [-0.15, -0.1) is 0 Å². The van der Waals surface area contributed by atoms with E-state index in [9.17, 15) is 14.9 Å². The van der Waals surface area contributed by atoms with Gasteiger partial charge in [-0.25, -0.2) is 9.79 Å². The van der Waals surface area contributed by atoms with Gasteiger partial charge in [-0.05, 0) is 37.6 Å². The van der Waals surface area contributed by atoms with E-state index in [1.54, 1.807) is 19.1 Å². The second-order valence-corrected chi connectivity index (χ2v) is 5.51. The highest BCUT2D eigenvalue weighted by Gasteiger charge is 2.24. The Morgan fingerprint density at radius 2 is 1.83 bits per heavy atom. The lowest BCUT2D eigenvalue weighted by Crippen LogP contribution is -2.05. The molecule has 2 aromatic carbocycles. The Hall–Kier alpha value is -3.28. The number of rotatable bonds is 3. The average Bonchev–Trinajstić information content (AvgIpc) is 2.90.